The molecule has 0 N–H and O–H groups in total. The molecule has 1 aromatic carbocycles. The van der Waals surface area contributed by atoms with E-state index in [2.05, 4.69) is 20.9 Å². The Hall–Kier alpha value is -1.52. The largest absolute Gasteiger partial charge is 0.417 e. The van der Waals surface area contributed by atoms with Crippen LogP contribution in [-0.2, 0) is 6.18 Å². The van der Waals surface area contributed by atoms with E-state index in [1.807, 2.05) is 6.92 Å². The Balaban J connectivity index is 2.58. The maximum absolute atomic E-state index is 13.4. The zero-order chi connectivity index (χ0) is 17.7. The Labute approximate surface area is 151 Å². The fourth-order valence-electron chi connectivity index (χ4n) is 2.04. The minimum Gasteiger partial charge on any atom is -0.240 e. The summed E-state index contributed by atoms with van der Waals surface area (Å²) in [5.41, 5.74) is -0.542. The average molecular weight is 415 g/mol. The molecule has 126 valence electrons. The maximum Gasteiger partial charge on any atom is 0.417 e. The summed E-state index contributed by atoms with van der Waals surface area (Å²) in [7, 11) is 0. The molecule has 0 fully saturated rings. The van der Waals surface area contributed by atoms with Crippen molar-refractivity contribution in [1.29, 1.82) is 5.26 Å². The molecule has 7 heteroatoms. The molecule has 0 radical (unpaired) electrons. The Bertz CT molecular complexity index is 752. The van der Waals surface area contributed by atoms with E-state index in [4.69, 9.17) is 0 Å². The smallest absolute Gasteiger partial charge is 0.240 e. The third-order valence-electron chi connectivity index (χ3n) is 3.28. The second kappa shape index (κ2) is 8.04. The normalized spacial score (nSPS) is 11.3. The Morgan fingerprint density at radius 2 is 1.92 bits per heavy atom. The van der Waals surface area contributed by atoms with Crippen molar-refractivity contribution in [3.8, 4) is 17.3 Å². The lowest BCUT2D eigenvalue weighted by Gasteiger charge is -2.14. The fourth-order valence-corrected chi connectivity index (χ4v) is 3.39. The van der Waals surface area contributed by atoms with Gasteiger partial charge in [-0.2, -0.15) is 18.4 Å². The average Bonchev–Trinajstić information content (AvgIpc) is 2.54. The number of hydrogen-bond donors (Lipinski definition) is 0. The van der Waals surface area contributed by atoms with Crippen LogP contribution in [0.5, 0.6) is 0 Å². The van der Waals surface area contributed by atoms with Crippen molar-refractivity contribution in [2.75, 3.05) is 5.75 Å². The number of halogens is 4. The van der Waals surface area contributed by atoms with Gasteiger partial charge >= 0.3 is 6.18 Å². The Kier molecular flexibility index (Phi) is 6.30. The van der Waals surface area contributed by atoms with E-state index in [-0.39, 0.29) is 10.7 Å². The van der Waals surface area contributed by atoms with Gasteiger partial charge in [-0.1, -0.05) is 41.4 Å². The van der Waals surface area contributed by atoms with Crippen LogP contribution in [-0.4, -0.2) is 10.7 Å². The first-order chi connectivity index (χ1) is 11.4. The molecule has 24 heavy (non-hydrogen) atoms. The van der Waals surface area contributed by atoms with Crippen LogP contribution in [0.2, 0.25) is 0 Å². The topological polar surface area (TPSA) is 36.7 Å². The monoisotopic (exact) mass is 414 g/mol. The first-order valence-electron chi connectivity index (χ1n) is 7.28. The molecule has 0 saturated carbocycles. The van der Waals surface area contributed by atoms with Crippen molar-refractivity contribution in [2.24, 2.45) is 0 Å². The van der Waals surface area contributed by atoms with E-state index in [9.17, 15) is 18.4 Å². The third-order valence-corrected chi connectivity index (χ3v) is 4.87. The lowest BCUT2D eigenvalue weighted by atomic mass is 10.1. The summed E-state index contributed by atoms with van der Waals surface area (Å²) in [6.07, 6.45) is -2.83. The predicted octanol–water partition coefficient (Wildman–Crippen LogP) is 6.29. The molecular formula is C17H14BrF3N2S. The van der Waals surface area contributed by atoms with Crippen molar-refractivity contribution in [3.05, 3.63) is 45.9 Å². The van der Waals surface area contributed by atoms with Crippen LogP contribution in [0, 0.1) is 11.3 Å². The maximum atomic E-state index is 13.4. The highest BCUT2D eigenvalue weighted by Crippen LogP contribution is 2.38. The molecule has 1 aromatic heterocycles. The SMILES string of the molecule is CCCCSc1nc(-c2ccc(Br)cc2)cc(C(F)(F)F)c1C#N. The molecule has 0 atom stereocenters. The highest BCUT2D eigenvalue weighted by molar-refractivity contribution is 9.10. The molecule has 0 spiro atoms. The van der Waals surface area contributed by atoms with Crippen molar-refractivity contribution >= 4 is 27.7 Å². The zero-order valence-corrected chi connectivity index (χ0v) is 15.2. The zero-order valence-electron chi connectivity index (χ0n) is 12.8. The number of aromatic nitrogens is 1. The van der Waals surface area contributed by atoms with Gasteiger partial charge in [0.1, 0.15) is 11.1 Å². The molecular weight excluding hydrogens is 401 g/mol. The predicted molar refractivity (Wildman–Crippen MR) is 92.7 cm³/mol. The molecule has 2 rings (SSSR count). The van der Waals surface area contributed by atoms with Gasteiger partial charge in [-0.15, -0.1) is 11.8 Å². The second-order valence-corrected chi connectivity index (χ2v) is 7.05. The first-order valence-corrected chi connectivity index (χ1v) is 9.05. The van der Waals surface area contributed by atoms with Gasteiger partial charge in [0.25, 0.3) is 0 Å². The van der Waals surface area contributed by atoms with Crippen molar-refractivity contribution in [1.82, 2.24) is 4.98 Å². The first kappa shape index (κ1) is 18.8. The fraction of sp³-hybridized carbons (Fsp3) is 0.294. The minimum absolute atomic E-state index is 0.138. The quantitative estimate of drug-likeness (QED) is 0.425. The number of hydrogen-bond acceptors (Lipinski definition) is 3. The van der Waals surface area contributed by atoms with Crippen LogP contribution in [0.1, 0.15) is 30.9 Å². The number of benzene rings is 1. The highest BCUT2D eigenvalue weighted by Gasteiger charge is 2.36. The molecule has 0 aliphatic heterocycles. The minimum atomic E-state index is -4.60. The molecule has 0 amide bonds. The molecule has 0 unspecified atom stereocenters. The van der Waals surface area contributed by atoms with Gasteiger partial charge in [-0.3, -0.25) is 0 Å². The summed E-state index contributed by atoms with van der Waals surface area (Å²) in [6, 6.07) is 9.50. The molecule has 0 saturated heterocycles. The number of unbranched alkanes of at least 4 members (excludes halogenated alkanes) is 1. The Morgan fingerprint density at radius 1 is 1.25 bits per heavy atom. The van der Waals surface area contributed by atoms with Crippen molar-refractivity contribution in [3.63, 3.8) is 0 Å². The lowest BCUT2D eigenvalue weighted by Crippen LogP contribution is -2.10. The van der Waals surface area contributed by atoms with Gasteiger partial charge in [0.2, 0.25) is 0 Å². The number of pyridine rings is 1. The third kappa shape index (κ3) is 4.52. The molecule has 0 aliphatic rings. The molecule has 0 aliphatic carbocycles. The van der Waals surface area contributed by atoms with E-state index >= 15 is 0 Å². The van der Waals surface area contributed by atoms with Crippen LogP contribution in [0.15, 0.2) is 39.8 Å². The number of nitriles is 1. The summed E-state index contributed by atoms with van der Waals surface area (Å²) in [6.45, 7) is 2.00. The van der Waals surface area contributed by atoms with Gasteiger partial charge in [-0.05, 0) is 30.4 Å². The second-order valence-electron chi connectivity index (χ2n) is 5.05. The Morgan fingerprint density at radius 3 is 2.46 bits per heavy atom. The standard InChI is InChI=1S/C17H14BrF3N2S/c1-2-3-8-24-16-13(10-22)14(17(19,20)21)9-15(23-16)11-4-6-12(18)7-5-11/h4-7,9H,2-3,8H2,1H3. The summed E-state index contributed by atoms with van der Waals surface area (Å²) in [4.78, 5) is 4.31. The summed E-state index contributed by atoms with van der Waals surface area (Å²) in [5.74, 6) is 0.624. The number of alkyl halides is 3. The van der Waals surface area contributed by atoms with Crippen LogP contribution < -0.4 is 0 Å². The summed E-state index contributed by atoms with van der Waals surface area (Å²) in [5, 5.41) is 9.35. The van der Waals surface area contributed by atoms with E-state index in [0.717, 1.165) is 23.4 Å². The number of nitrogens with zero attached hydrogens (tertiary/aromatic N) is 2. The van der Waals surface area contributed by atoms with Gasteiger partial charge in [-0.25, -0.2) is 4.98 Å². The van der Waals surface area contributed by atoms with Gasteiger partial charge in [0.05, 0.1) is 16.8 Å². The molecule has 2 aromatic rings. The van der Waals surface area contributed by atoms with Gasteiger partial charge in [0, 0.05) is 10.0 Å². The summed E-state index contributed by atoms with van der Waals surface area (Å²) >= 11 is 4.49. The lowest BCUT2D eigenvalue weighted by molar-refractivity contribution is -0.138. The molecule has 2 nitrogen and oxygen atoms in total. The highest BCUT2D eigenvalue weighted by atomic mass is 79.9. The van der Waals surface area contributed by atoms with Gasteiger partial charge < -0.3 is 0 Å². The number of thioether (sulfide) groups is 1. The van der Waals surface area contributed by atoms with Crippen LogP contribution in [0.25, 0.3) is 11.3 Å². The van der Waals surface area contributed by atoms with Crippen molar-refractivity contribution in [2.45, 2.75) is 31.0 Å². The van der Waals surface area contributed by atoms with E-state index in [1.54, 1.807) is 30.3 Å². The van der Waals surface area contributed by atoms with Gasteiger partial charge in [0.15, 0.2) is 0 Å². The van der Waals surface area contributed by atoms with Crippen LogP contribution in [0.3, 0.4) is 0 Å². The van der Waals surface area contributed by atoms with Crippen molar-refractivity contribution < 1.29 is 13.2 Å². The molecule has 0 bridgehead atoms. The number of rotatable bonds is 5. The van der Waals surface area contributed by atoms with E-state index in [1.165, 1.54) is 11.8 Å². The van der Waals surface area contributed by atoms with Crippen LogP contribution in [0.4, 0.5) is 13.2 Å². The summed E-state index contributed by atoms with van der Waals surface area (Å²) < 4.78 is 40.9. The molecule has 1 heterocycles. The van der Waals surface area contributed by atoms with Crippen LogP contribution >= 0.6 is 27.7 Å². The van der Waals surface area contributed by atoms with E-state index < -0.39 is 17.3 Å². The van der Waals surface area contributed by atoms with E-state index in [0.29, 0.717) is 11.3 Å².